The summed E-state index contributed by atoms with van der Waals surface area (Å²) in [5.41, 5.74) is 0. The van der Waals surface area contributed by atoms with Crippen molar-refractivity contribution in [3.8, 4) is 0 Å². The van der Waals surface area contributed by atoms with Crippen LogP contribution in [-0.4, -0.2) is 61.3 Å². The highest BCUT2D eigenvalue weighted by atomic mass is 15.4. The van der Waals surface area contributed by atoms with E-state index in [9.17, 15) is 0 Å². The van der Waals surface area contributed by atoms with E-state index in [2.05, 4.69) is 13.8 Å². The van der Waals surface area contributed by atoms with Crippen molar-refractivity contribution < 1.29 is 8.97 Å². The third-order valence-corrected chi connectivity index (χ3v) is 13.5. The van der Waals surface area contributed by atoms with Gasteiger partial charge in [-0.3, -0.25) is 0 Å². The molecular formula is C48H98N2+2. The summed E-state index contributed by atoms with van der Waals surface area (Å²) >= 11 is 0. The molecule has 2 fully saturated rings. The zero-order valence-corrected chi connectivity index (χ0v) is 35.4. The second-order valence-electron chi connectivity index (χ2n) is 18.2. The molecule has 298 valence electrons. The van der Waals surface area contributed by atoms with Crippen LogP contribution in [-0.2, 0) is 0 Å². The number of unbranched alkanes of at least 4 members (excludes halogenated alkanes) is 31. The van der Waals surface area contributed by atoms with Crippen molar-refractivity contribution in [2.75, 3.05) is 52.4 Å². The second-order valence-corrected chi connectivity index (χ2v) is 18.2. The average molecular weight is 703 g/mol. The molecule has 2 heterocycles. The maximum absolute atomic E-state index is 2.32. The quantitative estimate of drug-likeness (QED) is 0.0442. The van der Waals surface area contributed by atoms with E-state index in [4.69, 9.17) is 0 Å². The summed E-state index contributed by atoms with van der Waals surface area (Å²) in [6.45, 7) is 16.6. The number of nitrogens with zero attached hydrogens (tertiary/aromatic N) is 2. The average Bonchev–Trinajstić information content (AvgIpc) is 3.80. The molecule has 0 radical (unpaired) electrons. The summed E-state index contributed by atoms with van der Waals surface area (Å²) in [4.78, 5) is 0. The Balaban J connectivity index is 1.32. The number of quaternary nitrogens is 2. The Morgan fingerprint density at radius 1 is 0.220 bits per heavy atom. The molecule has 2 heteroatoms. The molecule has 2 nitrogen and oxygen atoms in total. The third kappa shape index (κ3) is 25.0. The molecule has 0 bridgehead atoms. The van der Waals surface area contributed by atoms with E-state index in [1.807, 2.05) is 0 Å². The summed E-state index contributed by atoms with van der Waals surface area (Å²) in [6, 6.07) is 0. The number of hydrogen-bond acceptors (Lipinski definition) is 0. The minimum absolute atomic E-state index is 1.37. The highest BCUT2D eigenvalue weighted by Crippen LogP contribution is 2.25. The summed E-state index contributed by atoms with van der Waals surface area (Å²) in [5.74, 6) is 0. The van der Waals surface area contributed by atoms with Crippen LogP contribution in [0.2, 0.25) is 0 Å². The molecule has 0 aromatic heterocycles. The minimum Gasteiger partial charge on any atom is -0.324 e. The van der Waals surface area contributed by atoms with Crippen molar-refractivity contribution in [3.05, 3.63) is 0 Å². The van der Waals surface area contributed by atoms with Gasteiger partial charge in [-0.2, -0.15) is 0 Å². The largest absolute Gasteiger partial charge is 0.324 e. The second kappa shape index (κ2) is 33.5. The van der Waals surface area contributed by atoms with Crippen LogP contribution in [0.5, 0.6) is 0 Å². The molecule has 0 spiro atoms. The van der Waals surface area contributed by atoms with Gasteiger partial charge in [-0.25, -0.2) is 0 Å². The Hall–Kier alpha value is -0.0800. The molecule has 0 aromatic rings. The van der Waals surface area contributed by atoms with Crippen molar-refractivity contribution in [2.24, 2.45) is 0 Å². The van der Waals surface area contributed by atoms with Gasteiger partial charge in [-0.1, -0.05) is 181 Å². The molecule has 0 atom stereocenters. The van der Waals surface area contributed by atoms with Gasteiger partial charge in [0.15, 0.2) is 0 Å². The predicted octanol–water partition coefficient (Wildman–Crippen LogP) is 15.5. The normalized spacial score (nSPS) is 16.9. The fourth-order valence-electron chi connectivity index (χ4n) is 10.0. The molecule has 0 aromatic carbocycles. The molecule has 2 saturated heterocycles. The van der Waals surface area contributed by atoms with E-state index < -0.39 is 0 Å². The Morgan fingerprint density at radius 3 is 0.560 bits per heavy atom. The zero-order chi connectivity index (χ0) is 35.5. The number of rotatable bonds is 39. The highest BCUT2D eigenvalue weighted by Gasteiger charge is 2.31. The maximum atomic E-state index is 2.32. The molecule has 50 heavy (non-hydrogen) atoms. The predicted molar refractivity (Wildman–Crippen MR) is 226 cm³/mol. The third-order valence-electron chi connectivity index (χ3n) is 13.5. The van der Waals surface area contributed by atoms with Crippen LogP contribution >= 0.6 is 0 Å². The molecule has 2 aliphatic heterocycles. The fraction of sp³-hybridized carbons (Fsp3) is 1.00. The van der Waals surface area contributed by atoms with Crippen LogP contribution in [0.15, 0.2) is 0 Å². The van der Waals surface area contributed by atoms with E-state index in [1.54, 1.807) is 0 Å². The number of hydrogen-bond donors (Lipinski definition) is 0. The minimum atomic E-state index is 1.37. The summed E-state index contributed by atoms with van der Waals surface area (Å²) in [5, 5.41) is 0. The Labute approximate surface area is 318 Å². The molecule has 0 aliphatic carbocycles. The van der Waals surface area contributed by atoms with Crippen molar-refractivity contribution in [1.29, 1.82) is 0 Å². The van der Waals surface area contributed by atoms with Crippen molar-refractivity contribution in [1.82, 2.24) is 0 Å². The molecule has 2 rings (SSSR count). The van der Waals surface area contributed by atoms with Gasteiger partial charge in [-0.05, 0) is 51.4 Å². The summed E-state index contributed by atoms with van der Waals surface area (Å²) in [7, 11) is 0. The topological polar surface area (TPSA) is 0 Å². The van der Waals surface area contributed by atoms with Gasteiger partial charge in [0.1, 0.15) is 0 Å². The van der Waals surface area contributed by atoms with Gasteiger partial charge in [0.05, 0.1) is 52.4 Å². The van der Waals surface area contributed by atoms with Gasteiger partial charge in [0.25, 0.3) is 0 Å². The van der Waals surface area contributed by atoms with E-state index in [-0.39, 0.29) is 0 Å². The van der Waals surface area contributed by atoms with Gasteiger partial charge in [0.2, 0.25) is 0 Å². The van der Waals surface area contributed by atoms with Crippen LogP contribution in [0.25, 0.3) is 0 Å². The standard InChI is InChI=1S/C48H98N2/c1-3-5-7-9-11-13-21-25-29-33-41-49(45-37-38-46-49)43-35-31-27-23-19-17-15-16-18-20-24-28-32-36-44-50(47-39-40-48-50)42-34-30-26-22-14-12-10-8-6-4-2/h3-48H2,1-2H3/q+2. The molecule has 0 unspecified atom stereocenters. The van der Waals surface area contributed by atoms with Crippen LogP contribution in [0, 0.1) is 0 Å². The lowest BCUT2D eigenvalue weighted by Gasteiger charge is -2.34. The highest BCUT2D eigenvalue weighted by molar-refractivity contribution is 4.59. The van der Waals surface area contributed by atoms with Crippen molar-refractivity contribution in [2.45, 2.75) is 258 Å². The lowest BCUT2D eigenvalue weighted by Crippen LogP contribution is -2.46. The zero-order valence-electron chi connectivity index (χ0n) is 35.4. The molecular weight excluding hydrogens is 605 g/mol. The SMILES string of the molecule is CCCCCCCCCCCC[N+]1(CCCCCCCCCCCCCCCC[N+]2(CCCCCCCCCCCC)CCCC2)CCCC1. The smallest absolute Gasteiger partial charge is 0.0788 e. The number of likely N-dealkylation sites (tertiary alicyclic amines) is 2. The lowest BCUT2D eigenvalue weighted by molar-refractivity contribution is -0.917. The maximum Gasteiger partial charge on any atom is 0.0788 e. The van der Waals surface area contributed by atoms with Gasteiger partial charge >= 0.3 is 0 Å². The lowest BCUT2D eigenvalue weighted by atomic mass is 10.0. The fourth-order valence-corrected chi connectivity index (χ4v) is 10.0. The first-order valence-electron chi connectivity index (χ1n) is 24.4. The monoisotopic (exact) mass is 703 g/mol. The van der Waals surface area contributed by atoms with Gasteiger partial charge in [0, 0.05) is 25.7 Å². The first-order chi connectivity index (χ1) is 24.7. The van der Waals surface area contributed by atoms with Gasteiger partial charge in [-0.15, -0.1) is 0 Å². The van der Waals surface area contributed by atoms with Crippen molar-refractivity contribution >= 4 is 0 Å². The first kappa shape index (κ1) is 46.1. The van der Waals surface area contributed by atoms with E-state index in [0.717, 1.165) is 0 Å². The van der Waals surface area contributed by atoms with Gasteiger partial charge < -0.3 is 8.97 Å². The Kier molecular flexibility index (Phi) is 30.9. The Morgan fingerprint density at radius 2 is 0.380 bits per heavy atom. The molecule has 0 amide bonds. The molecule has 2 aliphatic rings. The molecule has 0 N–H and O–H groups in total. The van der Waals surface area contributed by atoms with E-state index in [0.29, 0.717) is 0 Å². The van der Waals surface area contributed by atoms with Crippen LogP contribution in [0.4, 0.5) is 0 Å². The van der Waals surface area contributed by atoms with Crippen molar-refractivity contribution in [3.63, 3.8) is 0 Å². The molecule has 0 saturated carbocycles. The summed E-state index contributed by atoms with van der Waals surface area (Å²) in [6.07, 6.45) is 56.4. The van der Waals surface area contributed by atoms with E-state index >= 15 is 0 Å². The van der Waals surface area contributed by atoms with E-state index in [1.165, 1.54) is 305 Å². The van der Waals surface area contributed by atoms with Crippen LogP contribution in [0.1, 0.15) is 258 Å². The summed E-state index contributed by atoms with van der Waals surface area (Å²) < 4.78 is 2.99. The van der Waals surface area contributed by atoms with Crippen LogP contribution in [0.3, 0.4) is 0 Å². The van der Waals surface area contributed by atoms with Crippen LogP contribution < -0.4 is 0 Å². The first-order valence-corrected chi connectivity index (χ1v) is 24.4. The Bertz CT molecular complexity index is 618.